The molecule has 104 valence electrons. The molecule has 0 saturated carbocycles. The molecule has 20 heavy (non-hydrogen) atoms. The van der Waals surface area contributed by atoms with Gasteiger partial charge < -0.3 is 21.3 Å². The van der Waals surface area contributed by atoms with Crippen molar-refractivity contribution in [3.8, 4) is 0 Å². The summed E-state index contributed by atoms with van der Waals surface area (Å²) in [6.45, 7) is 3.57. The van der Waals surface area contributed by atoms with Crippen LogP contribution < -0.4 is 21.3 Å². The van der Waals surface area contributed by atoms with Gasteiger partial charge in [-0.25, -0.2) is 0 Å². The molecule has 0 aromatic carbocycles. The number of piperazine rings is 1. The molecule has 6 heteroatoms. The van der Waals surface area contributed by atoms with Gasteiger partial charge in [-0.05, 0) is 12.1 Å². The quantitative estimate of drug-likeness (QED) is 0.846. The van der Waals surface area contributed by atoms with Crippen LogP contribution >= 0.6 is 0 Å². The van der Waals surface area contributed by atoms with E-state index in [1.54, 1.807) is 12.4 Å². The molecule has 1 aliphatic heterocycles. The second-order valence-electron chi connectivity index (χ2n) is 4.84. The van der Waals surface area contributed by atoms with E-state index in [-0.39, 0.29) is 0 Å². The van der Waals surface area contributed by atoms with Gasteiger partial charge in [0.25, 0.3) is 0 Å². The Kier molecular flexibility index (Phi) is 3.28. The second kappa shape index (κ2) is 5.24. The van der Waals surface area contributed by atoms with E-state index in [0.717, 1.165) is 48.9 Å². The summed E-state index contributed by atoms with van der Waals surface area (Å²) in [7, 11) is 0. The smallest absolute Gasteiger partial charge is 0.0787 e. The summed E-state index contributed by atoms with van der Waals surface area (Å²) in [4.78, 5) is 12.8. The molecule has 3 heterocycles. The van der Waals surface area contributed by atoms with Crippen molar-refractivity contribution < 1.29 is 0 Å². The van der Waals surface area contributed by atoms with Gasteiger partial charge in [-0.1, -0.05) is 0 Å². The molecule has 6 nitrogen and oxygen atoms in total. The van der Waals surface area contributed by atoms with Gasteiger partial charge >= 0.3 is 0 Å². The monoisotopic (exact) mass is 270 g/mol. The third kappa shape index (κ3) is 2.32. The SMILES string of the molecule is Nc1ccncc1N1CCN(c2cnccc2N)CC1. The van der Waals surface area contributed by atoms with Gasteiger partial charge in [-0.3, -0.25) is 9.97 Å². The van der Waals surface area contributed by atoms with Crippen LogP contribution in [0.3, 0.4) is 0 Å². The van der Waals surface area contributed by atoms with Crippen LogP contribution in [0.5, 0.6) is 0 Å². The fourth-order valence-electron chi connectivity index (χ4n) is 2.51. The lowest BCUT2D eigenvalue weighted by Gasteiger charge is -2.37. The first-order chi connectivity index (χ1) is 9.75. The van der Waals surface area contributed by atoms with Crippen molar-refractivity contribution in [2.24, 2.45) is 0 Å². The van der Waals surface area contributed by atoms with E-state index in [2.05, 4.69) is 19.8 Å². The van der Waals surface area contributed by atoms with Gasteiger partial charge in [0.05, 0.1) is 35.1 Å². The fourth-order valence-corrected chi connectivity index (χ4v) is 2.51. The minimum Gasteiger partial charge on any atom is -0.397 e. The molecule has 0 amide bonds. The third-order valence-corrected chi connectivity index (χ3v) is 3.63. The van der Waals surface area contributed by atoms with E-state index in [4.69, 9.17) is 11.5 Å². The summed E-state index contributed by atoms with van der Waals surface area (Å²) in [6, 6.07) is 3.67. The van der Waals surface area contributed by atoms with E-state index >= 15 is 0 Å². The van der Waals surface area contributed by atoms with E-state index < -0.39 is 0 Å². The minimum absolute atomic E-state index is 0.773. The van der Waals surface area contributed by atoms with Crippen LogP contribution in [0.2, 0.25) is 0 Å². The molecule has 0 aliphatic carbocycles. The first-order valence-corrected chi connectivity index (χ1v) is 6.64. The topological polar surface area (TPSA) is 84.3 Å². The lowest BCUT2D eigenvalue weighted by molar-refractivity contribution is 0.653. The average Bonchev–Trinajstić information content (AvgIpc) is 2.49. The summed E-state index contributed by atoms with van der Waals surface area (Å²) in [6.07, 6.45) is 7.07. The maximum atomic E-state index is 6.00. The molecule has 1 aliphatic rings. The Morgan fingerprint density at radius 1 is 0.750 bits per heavy atom. The number of nitrogens with two attached hydrogens (primary N) is 2. The summed E-state index contributed by atoms with van der Waals surface area (Å²) >= 11 is 0. The van der Waals surface area contributed by atoms with Gasteiger partial charge in [0.1, 0.15) is 0 Å². The lowest BCUT2D eigenvalue weighted by Crippen LogP contribution is -2.47. The van der Waals surface area contributed by atoms with Gasteiger partial charge in [0.2, 0.25) is 0 Å². The lowest BCUT2D eigenvalue weighted by atomic mass is 10.2. The molecule has 4 N–H and O–H groups in total. The number of aromatic nitrogens is 2. The summed E-state index contributed by atoms with van der Waals surface area (Å²) < 4.78 is 0. The minimum atomic E-state index is 0.773. The molecular formula is C14H18N6. The molecule has 2 aromatic heterocycles. The Bertz CT molecular complexity index is 538. The van der Waals surface area contributed by atoms with E-state index in [0.29, 0.717) is 0 Å². The first kappa shape index (κ1) is 12.5. The Hall–Kier alpha value is -2.50. The maximum Gasteiger partial charge on any atom is 0.0787 e. The number of rotatable bonds is 2. The first-order valence-electron chi connectivity index (χ1n) is 6.64. The highest BCUT2D eigenvalue weighted by Crippen LogP contribution is 2.26. The van der Waals surface area contributed by atoms with Crippen LogP contribution in [0.4, 0.5) is 22.7 Å². The number of anilines is 4. The van der Waals surface area contributed by atoms with E-state index in [9.17, 15) is 0 Å². The van der Waals surface area contributed by atoms with Crippen LogP contribution in [0.25, 0.3) is 0 Å². The number of hydrogen-bond donors (Lipinski definition) is 2. The number of hydrogen-bond acceptors (Lipinski definition) is 6. The predicted molar refractivity (Wildman–Crippen MR) is 81.7 cm³/mol. The highest BCUT2D eigenvalue weighted by molar-refractivity contribution is 5.69. The number of nitrogen functional groups attached to an aromatic ring is 2. The van der Waals surface area contributed by atoms with Gasteiger partial charge in [-0.2, -0.15) is 0 Å². The molecule has 0 radical (unpaired) electrons. The zero-order chi connectivity index (χ0) is 13.9. The molecule has 0 atom stereocenters. The van der Waals surface area contributed by atoms with E-state index in [1.165, 1.54) is 0 Å². The largest absolute Gasteiger partial charge is 0.397 e. The van der Waals surface area contributed by atoms with Crippen molar-refractivity contribution in [2.75, 3.05) is 47.4 Å². The zero-order valence-corrected chi connectivity index (χ0v) is 11.2. The molecular weight excluding hydrogens is 252 g/mol. The zero-order valence-electron chi connectivity index (χ0n) is 11.2. The van der Waals surface area contributed by atoms with Crippen molar-refractivity contribution >= 4 is 22.7 Å². The van der Waals surface area contributed by atoms with Gasteiger partial charge in [0.15, 0.2) is 0 Å². The summed E-state index contributed by atoms with van der Waals surface area (Å²) in [5.41, 5.74) is 15.5. The van der Waals surface area contributed by atoms with Crippen molar-refractivity contribution in [3.63, 3.8) is 0 Å². The van der Waals surface area contributed by atoms with Gasteiger partial charge in [0, 0.05) is 38.6 Å². The number of pyridine rings is 2. The molecule has 1 saturated heterocycles. The summed E-state index contributed by atoms with van der Waals surface area (Å²) in [5, 5.41) is 0. The molecule has 3 rings (SSSR count). The Balaban J connectivity index is 1.72. The second-order valence-corrected chi connectivity index (χ2v) is 4.84. The van der Waals surface area contributed by atoms with E-state index in [1.807, 2.05) is 24.5 Å². The highest BCUT2D eigenvalue weighted by Gasteiger charge is 2.20. The number of nitrogens with zero attached hydrogens (tertiary/aromatic N) is 4. The van der Waals surface area contributed by atoms with Crippen molar-refractivity contribution in [1.82, 2.24) is 9.97 Å². The van der Waals surface area contributed by atoms with Crippen LogP contribution in [-0.4, -0.2) is 36.1 Å². The Morgan fingerprint density at radius 2 is 1.15 bits per heavy atom. The van der Waals surface area contributed by atoms with Crippen molar-refractivity contribution in [1.29, 1.82) is 0 Å². The fraction of sp³-hybridized carbons (Fsp3) is 0.286. The third-order valence-electron chi connectivity index (χ3n) is 3.63. The molecule has 0 bridgehead atoms. The molecule has 0 spiro atoms. The van der Waals surface area contributed by atoms with Crippen molar-refractivity contribution in [2.45, 2.75) is 0 Å². The van der Waals surface area contributed by atoms with Crippen LogP contribution in [0.1, 0.15) is 0 Å². The molecule has 2 aromatic rings. The van der Waals surface area contributed by atoms with Crippen molar-refractivity contribution in [3.05, 3.63) is 36.9 Å². The van der Waals surface area contributed by atoms with Crippen LogP contribution in [0.15, 0.2) is 36.9 Å². The Morgan fingerprint density at radius 3 is 1.50 bits per heavy atom. The maximum absolute atomic E-state index is 6.00. The summed E-state index contributed by atoms with van der Waals surface area (Å²) in [5.74, 6) is 0. The van der Waals surface area contributed by atoms with Gasteiger partial charge in [-0.15, -0.1) is 0 Å². The molecule has 0 unspecified atom stereocenters. The molecule has 1 fully saturated rings. The van der Waals surface area contributed by atoms with Crippen LogP contribution in [-0.2, 0) is 0 Å². The van der Waals surface area contributed by atoms with Crippen LogP contribution in [0, 0.1) is 0 Å². The normalized spacial score (nSPS) is 15.4. The standard InChI is InChI=1S/C14H18N6/c15-11-1-3-17-9-13(11)19-5-7-20(8-6-19)14-10-18-4-2-12(14)16/h1-4,9-10H,5-8H2,(H2,15,17)(H2,16,18). The highest BCUT2D eigenvalue weighted by atomic mass is 15.3. The Labute approximate surface area is 118 Å². The predicted octanol–water partition coefficient (Wildman–Crippen LogP) is 0.968. The average molecular weight is 270 g/mol.